The first kappa shape index (κ1) is 23.9. The number of furan rings is 1. The highest BCUT2D eigenvalue weighted by Crippen LogP contribution is 2.39. The van der Waals surface area contributed by atoms with Crippen LogP contribution in [-0.4, -0.2) is 24.6 Å². The molecule has 3 aromatic rings. The van der Waals surface area contributed by atoms with Crippen LogP contribution in [0.15, 0.2) is 40.8 Å². The van der Waals surface area contributed by atoms with Crippen LogP contribution in [0.4, 0.5) is 5.00 Å². The van der Waals surface area contributed by atoms with Crippen molar-refractivity contribution in [1.82, 2.24) is 0 Å². The topological polar surface area (TPSA) is 87.0 Å². The third-order valence-corrected chi connectivity index (χ3v) is 6.55. The molecule has 0 atom stereocenters. The van der Waals surface area contributed by atoms with Gasteiger partial charge in [-0.2, -0.15) is 0 Å². The molecule has 0 fully saturated rings. The number of fused-ring (bicyclic) bond motifs is 1. The summed E-state index contributed by atoms with van der Waals surface area (Å²) in [6, 6.07) is 10.6. The van der Waals surface area contributed by atoms with Crippen molar-refractivity contribution in [2.24, 2.45) is 0 Å². The molecule has 7 nitrogen and oxygen atoms in total. The molecule has 8 heteroatoms. The molecular weight excluding hydrogens is 454 g/mol. The largest absolute Gasteiger partial charge is 0.494 e. The lowest BCUT2D eigenvalue weighted by Crippen LogP contribution is -2.17. The minimum absolute atomic E-state index is 0.153. The molecule has 0 aliphatic heterocycles. The van der Waals surface area contributed by atoms with Gasteiger partial charge in [-0.1, -0.05) is 0 Å². The van der Waals surface area contributed by atoms with Gasteiger partial charge in [0.1, 0.15) is 28.9 Å². The number of amides is 1. The predicted molar refractivity (Wildman–Crippen MR) is 130 cm³/mol. The second kappa shape index (κ2) is 10.8. The molecule has 1 aliphatic rings. The molecule has 0 saturated heterocycles. The normalized spacial score (nSPS) is 12.8. The van der Waals surface area contributed by atoms with Crippen molar-refractivity contribution in [3.63, 3.8) is 0 Å². The zero-order valence-electron chi connectivity index (χ0n) is 19.6. The number of nitrogens with one attached hydrogen (secondary N) is 1. The molecule has 0 spiro atoms. The van der Waals surface area contributed by atoms with E-state index in [0.717, 1.165) is 41.9 Å². The molecule has 0 radical (unpaired) electrons. The Labute approximate surface area is 203 Å². The average molecular weight is 484 g/mol. The van der Waals surface area contributed by atoms with Crippen molar-refractivity contribution in [2.75, 3.05) is 11.9 Å². The van der Waals surface area contributed by atoms with E-state index in [9.17, 15) is 9.59 Å². The average Bonchev–Trinajstić information content (AvgIpc) is 3.43. The smallest absolute Gasteiger partial charge is 0.341 e. The number of ether oxygens (including phenoxy) is 3. The first-order valence-corrected chi connectivity index (χ1v) is 12.4. The van der Waals surface area contributed by atoms with E-state index in [1.165, 1.54) is 11.3 Å². The maximum atomic E-state index is 12.9. The molecule has 1 aromatic carbocycles. The maximum absolute atomic E-state index is 12.9. The molecule has 2 heterocycles. The van der Waals surface area contributed by atoms with Crippen LogP contribution in [0.25, 0.3) is 0 Å². The number of hydrogen-bond acceptors (Lipinski definition) is 7. The van der Waals surface area contributed by atoms with Crippen LogP contribution in [0.5, 0.6) is 11.5 Å². The minimum Gasteiger partial charge on any atom is -0.494 e. The molecule has 1 aliphatic carbocycles. The number of carbonyl (C=O) groups is 2. The van der Waals surface area contributed by atoms with Crippen molar-refractivity contribution in [2.45, 2.75) is 59.2 Å². The van der Waals surface area contributed by atoms with Crippen LogP contribution in [0, 0.1) is 0 Å². The van der Waals surface area contributed by atoms with Gasteiger partial charge in [-0.05, 0) is 88.4 Å². The Morgan fingerprint density at radius 2 is 1.74 bits per heavy atom. The van der Waals surface area contributed by atoms with Gasteiger partial charge in [-0.3, -0.25) is 4.79 Å². The Kier molecular flexibility index (Phi) is 7.57. The number of anilines is 1. The SMILES string of the molecule is CCOc1ccc(OCc2ccc(C(=O)Nc3sc4c(c3C(=O)OC(C)C)CCCC4)o2)cc1. The monoisotopic (exact) mass is 483 g/mol. The number of thiophene rings is 1. The fourth-order valence-corrected chi connectivity index (χ4v) is 5.11. The Bertz CT molecular complexity index is 1140. The number of hydrogen-bond donors (Lipinski definition) is 1. The number of carbonyl (C=O) groups excluding carboxylic acids is 2. The summed E-state index contributed by atoms with van der Waals surface area (Å²) in [5.41, 5.74) is 1.48. The van der Waals surface area contributed by atoms with Crippen LogP contribution >= 0.6 is 11.3 Å². The standard InChI is InChI=1S/C26H29NO6S/c1-4-30-17-9-11-18(12-10-17)31-15-19-13-14-21(33-19)24(28)27-25-23(26(29)32-16(2)3)20-7-5-6-8-22(20)34-25/h9-14,16H,4-8,15H2,1-3H3,(H,27,28). The van der Waals surface area contributed by atoms with E-state index in [-0.39, 0.29) is 18.5 Å². The highest BCUT2D eigenvalue weighted by Gasteiger charge is 2.28. The van der Waals surface area contributed by atoms with Gasteiger partial charge < -0.3 is 23.9 Å². The molecular formula is C26H29NO6S. The summed E-state index contributed by atoms with van der Waals surface area (Å²) < 4.78 is 22.3. The Hall–Kier alpha value is -3.26. The fraction of sp³-hybridized carbons (Fsp3) is 0.385. The summed E-state index contributed by atoms with van der Waals surface area (Å²) in [5, 5.41) is 3.39. The molecule has 1 amide bonds. The number of rotatable bonds is 9. The van der Waals surface area contributed by atoms with E-state index in [2.05, 4.69) is 5.32 Å². The zero-order chi connectivity index (χ0) is 24.1. The Morgan fingerprint density at radius 1 is 1.03 bits per heavy atom. The van der Waals surface area contributed by atoms with Crippen LogP contribution in [0.2, 0.25) is 0 Å². The lowest BCUT2D eigenvalue weighted by molar-refractivity contribution is 0.0378. The lowest BCUT2D eigenvalue weighted by Gasteiger charge is -2.14. The molecule has 0 saturated carbocycles. The Balaban J connectivity index is 1.43. The van der Waals surface area contributed by atoms with E-state index in [1.807, 2.05) is 45.0 Å². The first-order chi connectivity index (χ1) is 16.4. The van der Waals surface area contributed by atoms with Crippen molar-refractivity contribution in [1.29, 1.82) is 0 Å². The molecule has 4 rings (SSSR count). The van der Waals surface area contributed by atoms with E-state index < -0.39 is 11.9 Å². The third kappa shape index (κ3) is 5.62. The lowest BCUT2D eigenvalue weighted by atomic mass is 9.95. The summed E-state index contributed by atoms with van der Waals surface area (Å²) >= 11 is 1.45. The van der Waals surface area contributed by atoms with Crippen LogP contribution in [0.1, 0.15) is 70.7 Å². The van der Waals surface area contributed by atoms with Crippen LogP contribution in [-0.2, 0) is 24.2 Å². The number of benzene rings is 1. The molecule has 34 heavy (non-hydrogen) atoms. The number of esters is 1. The maximum Gasteiger partial charge on any atom is 0.341 e. The predicted octanol–water partition coefficient (Wildman–Crippen LogP) is 6.02. The Morgan fingerprint density at radius 3 is 2.44 bits per heavy atom. The summed E-state index contributed by atoms with van der Waals surface area (Å²) in [4.78, 5) is 26.8. The minimum atomic E-state index is -0.412. The molecule has 2 aromatic heterocycles. The van der Waals surface area contributed by atoms with Crippen LogP contribution in [0.3, 0.4) is 0 Å². The van der Waals surface area contributed by atoms with Crippen molar-refractivity contribution in [3.05, 3.63) is 63.9 Å². The van der Waals surface area contributed by atoms with E-state index in [1.54, 1.807) is 12.1 Å². The molecule has 1 N–H and O–H groups in total. The van der Waals surface area contributed by atoms with Gasteiger partial charge in [-0.15, -0.1) is 11.3 Å². The second-order valence-electron chi connectivity index (χ2n) is 8.28. The van der Waals surface area contributed by atoms with Crippen molar-refractivity contribution >= 4 is 28.2 Å². The van der Waals surface area contributed by atoms with E-state index >= 15 is 0 Å². The van der Waals surface area contributed by atoms with Gasteiger partial charge in [0, 0.05) is 4.88 Å². The number of aryl methyl sites for hydroxylation is 1. The van der Waals surface area contributed by atoms with Crippen molar-refractivity contribution < 1.29 is 28.2 Å². The van der Waals surface area contributed by atoms with E-state index in [4.69, 9.17) is 18.6 Å². The summed E-state index contributed by atoms with van der Waals surface area (Å²) in [7, 11) is 0. The van der Waals surface area contributed by atoms with Gasteiger partial charge in [0.05, 0.1) is 18.3 Å². The summed E-state index contributed by atoms with van der Waals surface area (Å²) in [6.07, 6.45) is 3.59. The summed E-state index contributed by atoms with van der Waals surface area (Å²) in [6.45, 7) is 6.34. The van der Waals surface area contributed by atoms with Gasteiger partial charge in [-0.25, -0.2) is 4.79 Å². The summed E-state index contributed by atoms with van der Waals surface area (Å²) in [5.74, 6) is 1.31. The quantitative estimate of drug-likeness (QED) is 0.375. The molecule has 180 valence electrons. The van der Waals surface area contributed by atoms with Crippen molar-refractivity contribution in [3.8, 4) is 11.5 Å². The van der Waals surface area contributed by atoms with Crippen LogP contribution < -0.4 is 14.8 Å². The van der Waals surface area contributed by atoms with Gasteiger partial charge >= 0.3 is 5.97 Å². The second-order valence-corrected chi connectivity index (χ2v) is 9.39. The van der Waals surface area contributed by atoms with Gasteiger partial charge in [0.25, 0.3) is 5.91 Å². The van der Waals surface area contributed by atoms with E-state index in [0.29, 0.717) is 28.7 Å². The highest BCUT2D eigenvalue weighted by atomic mass is 32.1. The zero-order valence-corrected chi connectivity index (χ0v) is 20.5. The first-order valence-electron chi connectivity index (χ1n) is 11.6. The fourth-order valence-electron chi connectivity index (χ4n) is 3.84. The van der Waals surface area contributed by atoms with Gasteiger partial charge in [0.15, 0.2) is 5.76 Å². The third-order valence-electron chi connectivity index (χ3n) is 5.35. The molecule has 0 bridgehead atoms. The van der Waals surface area contributed by atoms with Gasteiger partial charge in [0.2, 0.25) is 0 Å². The highest BCUT2D eigenvalue weighted by molar-refractivity contribution is 7.17. The molecule has 0 unspecified atom stereocenters.